The van der Waals surface area contributed by atoms with Crippen molar-refractivity contribution in [3.05, 3.63) is 24.0 Å². The fourth-order valence-electron chi connectivity index (χ4n) is 1.02. The highest BCUT2D eigenvalue weighted by Crippen LogP contribution is 2.04. The van der Waals surface area contributed by atoms with Gasteiger partial charge in [0, 0.05) is 6.54 Å². The van der Waals surface area contributed by atoms with Gasteiger partial charge in [0.25, 0.3) is 0 Å². The molecule has 14 heavy (non-hydrogen) atoms. The molecule has 0 fully saturated rings. The minimum atomic E-state index is 0.755. The summed E-state index contributed by atoms with van der Waals surface area (Å²) in [6, 6.07) is 0. The van der Waals surface area contributed by atoms with E-state index in [2.05, 4.69) is 24.8 Å². The molecule has 0 aromatic carbocycles. The maximum Gasteiger partial charge on any atom is 0.0999 e. The molecule has 0 rings (SSSR count). The van der Waals surface area contributed by atoms with Crippen molar-refractivity contribution < 1.29 is 4.74 Å². The van der Waals surface area contributed by atoms with E-state index in [-0.39, 0.29) is 0 Å². The summed E-state index contributed by atoms with van der Waals surface area (Å²) in [6.45, 7) is 6.07. The molecule has 0 aromatic rings. The van der Waals surface area contributed by atoms with E-state index in [1.807, 2.05) is 20.2 Å². The molecule has 0 aliphatic heterocycles. The average Bonchev–Trinajstić information content (AvgIpc) is 2.16. The van der Waals surface area contributed by atoms with Crippen LogP contribution in [0.5, 0.6) is 0 Å². The number of hydrogen-bond donors (Lipinski definition) is 0. The van der Waals surface area contributed by atoms with Crippen LogP contribution in [0, 0.1) is 0 Å². The largest absolute Gasteiger partial charge is 0.500 e. The van der Waals surface area contributed by atoms with Crippen molar-refractivity contribution in [2.75, 3.05) is 27.2 Å². The lowest BCUT2D eigenvalue weighted by molar-refractivity contribution is 0.212. The third-order valence-electron chi connectivity index (χ3n) is 2.07. The standard InChI is InChI=1S/C12H23NO/c1-5-12(6-2)8-7-10-14-11-9-13(3)4/h7-8,10H,5-6,9,11H2,1-4H3/b10-7-. The van der Waals surface area contributed by atoms with Crippen molar-refractivity contribution in [1.29, 1.82) is 0 Å². The number of ether oxygens (including phenoxy) is 1. The minimum Gasteiger partial charge on any atom is -0.500 e. The molecule has 0 saturated heterocycles. The summed E-state index contributed by atoms with van der Waals surface area (Å²) in [4.78, 5) is 2.10. The van der Waals surface area contributed by atoms with E-state index in [1.165, 1.54) is 5.57 Å². The van der Waals surface area contributed by atoms with Gasteiger partial charge in [-0.05, 0) is 33.0 Å². The van der Waals surface area contributed by atoms with E-state index in [0.717, 1.165) is 26.0 Å². The van der Waals surface area contributed by atoms with Gasteiger partial charge >= 0.3 is 0 Å². The summed E-state index contributed by atoms with van der Waals surface area (Å²) in [5.41, 5.74) is 1.46. The van der Waals surface area contributed by atoms with Gasteiger partial charge in [-0.1, -0.05) is 25.5 Å². The summed E-state index contributed by atoms with van der Waals surface area (Å²) in [5, 5.41) is 0. The Morgan fingerprint density at radius 1 is 1.21 bits per heavy atom. The molecule has 2 heteroatoms. The lowest BCUT2D eigenvalue weighted by atomic mass is 10.1. The highest BCUT2D eigenvalue weighted by atomic mass is 16.5. The molecule has 0 N–H and O–H groups in total. The van der Waals surface area contributed by atoms with Crippen molar-refractivity contribution >= 4 is 0 Å². The molecule has 0 atom stereocenters. The molecule has 0 bridgehead atoms. The van der Waals surface area contributed by atoms with Crippen LogP contribution in [0.2, 0.25) is 0 Å². The van der Waals surface area contributed by atoms with Gasteiger partial charge in [-0.15, -0.1) is 0 Å². The van der Waals surface area contributed by atoms with Gasteiger partial charge in [0.2, 0.25) is 0 Å². The second kappa shape index (κ2) is 8.82. The van der Waals surface area contributed by atoms with Gasteiger partial charge in [-0.2, -0.15) is 0 Å². The maximum absolute atomic E-state index is 5.32. The molecule has 0 aromatic heterocycles. The zero-order chi connectivity index (χ0) is 10.8. The molecule has 0 unspecified atom stereocenters. The Morgan fingerprint density at radius 3 is 2.36 bits per heavy atom. The van der Waals surface area contributed by atoms with Crippen LogP contribution in [0.4, 0.5) is 0 Å². The number of allylic oxidation sites excluding steroid dienone is 3. The van der Waals surface area contributed by atoms with Crippen LogP contribution in [0.15, 0.2) is 24.0 Å². The van der Waals surface area contributed by atoms with Gasteiger partial charge in [-0.3, -0.25) is 0 Å². The van der Waals surface area contributed by atoms with E-state index in [4.69, 9.17) is 4.74 Å². The van der Waals surface area contributed by atoms with E-state index in [1.54, 1.807) is 6.26 Å². The lowest BCUT2D eigenvalue weighted by Crippen LogP contribution is -2.16. The van der Waals surface area contributed by atoms with Crippen LogP contribution < -0.4 is 0 Å². The zero-order valence-corrected chi connectivity index (χ0v) is 9.92. The molecule has 2 nitrogen and oxygen atoms in total. The first-order chi connectivity index (χ1) is 6.70. The van der Waals surface area contributed by atoms with Gasteiger partial charge in [0.15, 0.2) is 0 Å². The Hall–Kier alpha value is -0.760. The molecule has 0 aliphatic rings. The molecule has 0 saturated carbocycles. The Bertz CT molecular complexity index is 177. The number of likely N-dealkylation sites (N-methyl/N-ethyl adjacent to an activating group) is 1. The number of rotatable bonds is 7. The van der Waals surface area contributed by atoms with Gasteiger partial charge in [0.1, 0.15) is 0 Å². The maximum atomic E-state index is 5.32. The van der Waals surface area contributed by atoms with E-state index < -0.39 is 0 Å². The number of nitrogens with zero attached hydrogens (tertiary/aromatic N) is 1. The molecule has 0 heterocycles. The predicted molar refractivity (Wildman–Crippen MR) is 62.3 cm³/mol. The Balaban J connectivity index is 3.57. The fraction of sp³-hybridized carbons (Fsp3) is 0.667. The Morgan fingerprint density at radius 2 is 1.86 bits per heavy atom. The lowest BCUT2D eigenvalue weighted by Gasteiger charge is -2.07. The quantitative estimate of drug-likeness (QED) is 0.353. The SMILES string of the molecule is CCC(=C/C=C\OCCN(C)C)CC. The second-order valence-corrected chi connectivity index (χ2v) is 3.53. The van der Waals surface area contributed by atoms with Crippen LogP contribution in [0.25, 0.3) is 0 Å². The Kier molecular flexibility index (Phi) is 8.34. The van der Waals surface area contributed by atoms with Crippen LogP contribution >= 0.6 is 0 Å². The summed E-state index contributed by atoms with van der Waals surface area (Å²) in [5.74, 6) is 0. The third kappa shape index (κ3) is 7.87. The molecule has 0 radical (unpaired) electrons. The normalized spacial score (nSPS) is 10.9. The highest BCUT2D eigenvalue weighted by Gasteiger charge is 1.87. The molecule has 0 spiro atoms. The summed E-state index contributed by atoms with van der Waals surface area (Å²) >= 11 is 0. The third-order valence-corrected chi connectivity index (χ3v) is 2.07. The van der Waals surface area contributed by atoms with Crippen LogP contribution in [0.1, 0.15) is 26.7 Å². The van der Waals surface area contributed by atoms with Crippen molar-refractivity contribution in [1.82, 2.24) is 4.90 Å². The predicted octanol–water partition coefficient (Wildman–Crippen LogP) is 2.82. The first-order valence-electron chi connectivity index (χ1n) is 5.31. The second-order valence-electron chi connectivity index (χ2n) is 3.53. The molecule has 82 valence electrons. The topological polar surface area (TPSA) is 12.5 Å². The molecular weight excluding hydrogens is 174 g/mol. The van der Waals surface area contributed by atoms with Gasteiger partial charge in [-0.25, -0.2) is 0 Å². The highest BCUT2D eigenvalue weighted by molar-refractivity contribution is 5.10. The van der Waals surface area contributed by atoms with Gasteiger partial charge < -0.3 is 9.64 Å². The van der Waals surface area contributed by atoms with E-state index >= 15 is 0 Å². The average molecular weight is 197 g/mol. The van der Waals surface area contributed by atoms with Crippen molar-refractivity contribution in [2.45, 2.75) is 26.7 Å². The first-order valence-corrected chi connectivity index (χ1v) is 5.31. The summed E-state index contributed by atoms with van der Waals surface area (Å²) < 4.78 is 5.32. The minimum absolute atomic E-state index is 0.755. The van der Waals surface area contributed by atoms with E-state index in [9.17, 15) is 0 Å². The molecule has 0 aliphatic carbocycles. The van der Waals surface area contributed by atoms with Crippen molar-refractivity contribution in [3.63, 3.8) is 0 Å². The van der Waals surface area contributed by atoms with Crippen molar-refractivity contribution in [2.24, 2.45) is 0 Å². The summed E-state index contributed by atoms with van der Waals surface area (Å²) in [7, 11) is 4.08. The fourth-order valence-corrected chi connectivity index (χ4v) is 1.02. The Labute approximate surface area is 88.2 Å². The molecule has 0 amide bonds. The first kappa shape index (κ1) is 13.2. The van der Waals surface area contributed by atoms with Crippen LogP contribution in [0.3, 0.4) is 0 Å². The zero-order valence-electron chi connectivity index (χ0n) is 9.92. The summed E-state index contributed by atoms with van der Waals surface area (Å²) in [6.07, 6.45) is 8.14. The van der Waals surface area contributed by atoms with Crippen LogP contribution in [-0.4, -0.2) is 32.1 Å². The van der Waals surface area contributed by atoms with Crippen molar-refractivity contribution in [3.8, 4) is 0 Å². The smallest absolute Gasteiger partial charge is 0.0999 e. The van der Waals surface area contributed by atoms with Crippen LogP contribution in [-0.2, 0) is 4.74 Å². The molecular formula is C12H23NO. The van der Waals surface area contributed by atoms with E-state index in [0.29, 0.717) is 0 Å². The van der Waals surface area contributed by atoms with Gasteiger partial charge in [0.05, 0.1) is 12.9 Å². The number of hydrogen-bond acceptors (Lipinski definition) is 2. The monoisotopic (exact) mass is 197 g/mol.